The van der Waals surface area contributed by atoms with E-state index in [2.05, 4.69) is 20.9 Å². The summed E-state index contributed by atoms with van der Waals surface area (Å²) in [5, 5.41) is 3.44. The maximum Gasteiger partial charge on any atom is 0.123 e. The minimum atomic E-state index is -0.232. The number of rotatable bonds is 9. The van der Waals surface area contributed by atoms with Crippen molar-refractivity contribution in [2.75, 3.05) is 6.54 Å². The van der Waals surface area contributed by atoms with E-state index in [1.165, 1.54) is 17.7 Å². The van der Waals surface area contributed by atoms with Crippen molar-refractivity contribution in [2.45, 2.75) is 26.1 Å². The standard InChI is InChI=1S/C20H22FN3O.ClH/c21-19-7-5-17(6-8-19)15-25-20-4-1-3-18(13-20)14-22-9-2-11-24-12-10-23-16-24;/h1,3-8,10,12-13,16,22H,2,9,11,14-15H2;1H. The van der Waals surface area contributed by atoms with Crippen LogP contribution in [0.25, 0.3) is 0 Å². The smallest absolute Gasteiger partial charge is 0.123 e. The minimum Gasteiger partial charge on any atom is -0.489 e. The largest absolute Gasteiger partial charge is 0.489 e. The molecule has 0 saturated carbocycles. The molecule has 0 aliphatic carbocycles. The minimum absolute atomic E-state index is 0. The van der Waals surface area contributed by atoms with Gasteiger partial charge in [0.05, 0.1) is 6.33 Å². The molecule has 3 aromatic rings. The Morgan fingerprint density at radius 2 is 1.92 bits per heavy atom. The third-order valence-electron chi connectivity index (χ3n) is 3.88. The number of nitrogens with zero attached hydrogens (tertiary/aromatic N) is 2. The lowest BCUT2D eigenvalue weighted by Gasteiger charge is -2.09. The second-order valence-corrected chi connectivity index (χ2v) is 5.89. The Bertz CT molecular complexity index is 763. The van der Waals surface area contributed by atoms with Gasteiger partial charge in [-0.05, 0) is 48.4 Å². The first-order chi connectivity index (χ1) is 12.3. The van der Waals surface area contributed by atoms with Gasteiger partial charge in [-0.3, -0.25) is 0 Å². The summed E-state index contributed by atoms with van der Waals surface area (Å²) >= 11 is 0. The Morgan fingerprint density at radius 3 is 2.69 bits per heavy atom. The molecular weight excluding hydrogens is 353 g/mol. The highest BCUT2D eigenvalue weighted by Crippen LogP contribution is 2.15. The third-order valence-corrected chi connectivity index (χ3v) is 3.88. The predicted octanol–water partition coefficient (Wildman–Crippen LogP) is 4.20. The number of aromatic nitrogens is 2. The normalized spacial score (nSPS) is 10.3. The molecule has 0 fully saturated rings. The number of hydrogen-bond acceptors (Lipinski definition) is 3. The fraction of sp³-hybridized carbons (Fsp3) is 0.250. The van der Waals surface area contributed by atoms with E-state index in [-0.39, 0.29) is 18.2 Å². The zero-order valence-corrected chi connectivity index (χ0v) is 15.3. The Balaban J connectivity index is 0.00000243. The second-order valence-electron chi connectivity index (χ2n) is 5.89. The molecule has 1 heterocycles. The van der Waals surface area contributed by atoms with Crippen LogP contribution in [-0.4, -0.2) is 16.1 Å². The van der Waals surface area contributed by atoms with Gasteiger partial charge in [-0.15, -0.1) is 12.4 Å². The van der Waals surface area contributed by atoms with Gasteiger partial charge < -0.3 is 14.6 Å². The van der Waals surface area contributed by atoms with Crippen molar-refractivity contribution in [1.29, 1.82) is 0 Å². The summed E-state index contributed by atoms with van der Waals surface area (Å²) in [7, 11) is 0. The topological polar surface area (TPSA) is 39.1 Å². The maximum absolute atomic E-state index is 12.9. The first-order valence-electron chi connectivity index (χ1n) is 8.42. The Hall–Kier alpha value is -2.37. The van der Waals surface area contributed by atoms with Crippen LogP contribution in [0.4, 0.5) is 4.39 Å². The van der Waals surface area contributed by atoms with Crippen LogP contribution in [0.5, 0.6) is 5.75 Å². The Labute approximate surface area is 159 Å². The average molecular weight is 376 g/mol. The van der Waals surface area contributed by atoms with Crippen LogP contribution in [0.1, 0.15) is 17.5 Å². The van der Waals surface area contributed by atoms with Gasteiger partial charge in [0.25, 0.3) is 0 Å². The summed E-state index contributed by atoms with van der Waals surface area (Å²) in [5.41, 5.74) is 2.13. The Morgan fingerprint density at radius 1 is 1.08 bits per heavy atom. The predicted molar refractivity (Wildman–Crippen MR) is 103 cm³/mol. The second kappa shape index (κ2) is 10.6. The number of imidazole rings is 1. The number of nitrogens with one attached hydrogen (secondary N) is 1. The molecule has 0 aliphatic heterocycles. The van der Waals surface area contributed by atoms with Gasteiger partial charge in [0.15, 0.2) is 0 Å². The van der Waals surface area contributed by atoms with Crippen LogP contribution in [0.2, 0.25) is 0 Å². The van der Waals surface area contributed by atoms with Crippen LogP contribution in [0.3, 0.4) is 0 Å². The molecule has 0 spiro atoms. The van der Waals surface area contributed by atoms with Crippen molar-refractivity contribution in [3.63, 3.8) is 0 Å². The lowest BCUT2D eigenvalue weighted by Crippen LogP contribution is -2.16. The van der Waals surface area contributed by atoms with Crippen molar-refractivity contribution in [2.24, 2.45) is 0 Å². The van der Waals surface area contributed by atoms with Crippen molar-refractivity contribution in [3.05, 3.63) is 84.2 Å². The van der Waals surface area contributed by atoms with Crippen LogP contribution in [-0.2, 0) is 19.7 Å². The zero-order valence-electron chi connectivity index (χ0n) is 14.5. The van der Waals surface area contributed by atoms with E-state index in [0.717, 1.165) is 37.4 Å². The highest BCUT2D eigenvalue weighted by Gasteiger charge is 1.99. The first-order valence-corrected chi connectivity index (χ1v) is 8.42. The lowest BCUT2D eigenvalue weighted by atomic mass is 10.2. The summed E-state index contributed by atoms with van der Waals surface area (Å²) in [6, 6.07) is 14.4. The Kier molecular flexibility index (Phi) is 8.12. The van der Waals surface area contributed by atoms with E-state index in [1.54, 1.807) is 18.3 Å². The quantitative estimate of drug-likeness (QED) is 0.569. The van der Waals surface area contributed by atoms with E-state index in [9.17, 15) is 4.39 Å². The number of benzene rings is 2. The molecule has 0 bridgehead atoms. The average Bonchev–Trinajstić information content (AvgIpc) is 3.15. The van der Waals surface area contributed by atoms with E-state index in [0.29, 0.717) is 6.61 Å². The van der Waals surface area contributed by atoms with Gasteiger partial charge in [-0.25, -0.2) is 9.37 Å². The SMILES string of the molecule is Cl.Fc1ccc(COc2cccc(CNCCCn3ccnc3)c2)cc1. The number of halogens is 2. The van der Waals surface area contributed by atoms with Crippen molar-refractivity contribution >= 4 is 12.4 Å². The molecule has 0 saturated heterocycles. The zero-order chi connectivity index (χ0) is 17.3. The summed E-state index contributed by atoms with van der Waals surface area (Å²) in [6.45, 7) is 3.15. The fourth-order valence-electron chi connectivity index (χ4n) is 2.53. The fourth-order valence-corrected chi connectivity index (χ4v) is 2.53. The molecule has 1 N–H and O–H groups in total. The summed E-state index contributed by atoms with van der Waals surface area (Å²) in [6.07, 6.45) is 6.66. The monoisotopic (exact) mass is 375 g/mol. The molecule has 3 rings (SSSR count). The van der Waals surface area contributed by atoms with Gasteiger partial charge in [0, 0.05) is 25.5 Å². The van der Waals surface area contributed by atoms with Gasteiger partial charge >= 0.3 is 0 Å². The molecule has 26 heavy (non-hydrogen) atoms. The molecule has 0 amide bonds. The van der Waals surface area contributed by atoms with Crippen LogP contribution < -0.4 is 10.1 Å². The molecule has 4 nitrogen and oxygen atoms in total. The third kappa shape index (κ3) is 6.50. The molecule has 138 valence electrons. The van der Waals surface area contributed by atoms with Gasteiger partial charge in [-0.1, -0.05) is 24.3 Å². The molecule has 0 atom stereocenters. The molecule has 6 heteroatoms. The van der Waals surface area contributed by atoms with Crippen molar-refractivity contribution < 1.29 is 9.13 Å². The lowest BCUT2D eigenvalue weighted by molar-refractivity contribution is 0.305. The summed E-state index contributed by atoms with van der Waals surface area (Å²) in [4.78, 5) is 4.03. The number of ether oxygens (including phenoxy) is 1. The van der Waals surface area contributed by atoms with Crippen molar-refractivity contribution in [1.82, 2.24) is 14.9 Å². The molecule has 0 aliphatic rings. The summed E-state index contributed by atoms with van der Waals surface area (Å²) in [5.74, 6) is 0.590. The highest BCUT2D eigenvalue weighted by atomic mass is 35.5. The van der Waals surface area contributed by atoms with E-state index >= 15 is 0 Å². The van der Waals surface area contributed by atoms with E-state index < -0.39 is 0 Å². The van der Waals surface area contributed by atoms with Gasteiger partial charge in [0.2, 0.25) is 0 Å². The molecule has 2 aromatic carbocycles. The molecule has 0 unspecified atom stereocenters. The van der Waals surface area contributed by atoms with Crippen molar-refractivity contribution in [3.8, 4) is 5.75 Å². The van der Waals surface area contributed by atoms with Crippen LogP contribution >= 0.6 is 12.4 Å². The molecule has 0 radical (unpaired) electrons. The molecular formula is C20H23ClFN3O. The number of hydrogen-bond donors (Lipinski definition) is 1. The first kappa shape index (κ1) is 19.9. The van der Waals surface area contributed by atoms with E-state index in [4.69, 9.17) is 4.74 Å². The van der Waals surface area contributed by atoms with Crippen LogP contribution in [0.15, 0.2) is 67.3 Å². The summed E-state index contributed by atoms with van der Waals surface area (Å²) < 4.78 is 20.8. The van der Waals surface area contributed by atoms with E-state index in [1.807, 2.05) is 30.7 Å². The van der Waals surface area contributed by atoms with Crippen LogP contribution in [0, 0.1) is 5.82 Å². The maximum atomic E-state index is 12.9. The molecule has 1 aromatic heterocycles. The van der Waals surface area contributed by atoms with Gasteiger partial charge in [0.1, 0.15) is 18.2 Å². The van der Waals surface area contributed by atoms with Gasteiger partial charge in [-0.2, -0.15) is 0 Å². The number of aryl methyl sites for hydroxylation is 1. The highest BCUT2D eigenvalue weighted by molar-refractivity contribution is 5.85.